The first-order chi connectivity index (χ1) is 10.1. The maximum absolute atomic E-state index is 11.9. The molecule has 1 atom stereocenters. The van der Waals surface area contributed by atoms with E-state index in [0.29, 0.717) is 5.69 Å². The van der Waals surface area contributed by atoms with Crippen molar-refractivity contribution in [1.82, 2.24) is 10.3 Å². The summed E-state index contributed by atoms with van der Waals surface area (Å²) in [6.45, 7) is 4.85. The maximum atomic E-state index is 11.9. The van der Waals surface area contributed by atoms with E-state index in [1.54, 1.807) is 5.38 Å². The summed E-state index contributed by atoms with van der Waals surface area (Å²) in [5, 5.41) is 5.52. The van der Waals surface area contributed by atoms with E-state index in [4.69, 9.17) is 5.73 Å². The SMILES string of the molecule is CCCCCCCCCCNC(=O)c1csc(C(C)N)n1. The Labute approximate surface area is 132 Å². The van der Waals surface area contributed by atoms with E-state index in [0.717, 1.165) is 18.0 Å². The predicted octanol–water partition coefficient (Wildman–Crippen LogP) is 4.03. The van der Waals surface area contributed by atoms with Crippen molar-refractivity contribution in [2.75, 3.05) is 6.54 Å². The summed E-state index contributed by atoms with van der Waals surface area (Å²) in [5.41, 5.74) is 6.23. The van der Waals surface area contributed by atoms with Crippen molar-refractivity contribution in [2.45, 2.75) is 71.3 Å². The predicted molar refractivity (Wildman–Crippen MR) is 89.7 cm³/mol. The van der Waals surface area contributed by atoms with Crippen LogP contribution in [0.25, 0.3) is 0 Å². The molecule has 21 heavy (non-hydrogen) atoms. The van der Waals surface area contributed by atoms with Gasteiger partial charge in [0.1, 0.15) is 10.7 Å². The van der Waals surface area contributed by atoms with Crippen molar-refractivity contribution >= 4 is 17.2 Å². The molecule has 1 aromatic heterocycles. The summed E-state index contributed by atoms with van der Waals surface area (Å²) in [6, 6.07) is -0.107. The molecule has 5 heteroatoms. The number of hydrogen-bond donors (Lipinski definition) is 2. The molecule has 0 bridgehead atoms. The van der Waals surface area contributed by atoms with Crippen LogP contribution in [-0.2, 0) is 0 Å². The van der Waals surface area contributed by atoms with Crippen LogP contribution in [0.4, 0.5) is 0 Å². The Bertz CT molecular complexity index is 404. The maximum Gasteiger partial charge on any atom is 0.270 e. The second kappa shape index (κ2) is 10.7. The second-order valence-corrected chi connectivity index (χ2v) is 6.48. The Hall–Kier alpha value is -0.940. The summed E-state index contributed by atoms with van der Waals surface area (Å²) in [7, 11) is 0. The van der Waals surface area contributed by atoms with Crippen LogP contribution in [0.1, 0.15) is 86.8 Å². The van der Waals surface area contributed by atoms with E-state index < -0.39 is 0 Å². The zero-order chi connectivity index (χ0) is 15.5. The Kier molecular flexibility index (Phi) is 9.26. The minimum absolute atomic E-state index is 0.0823. The molecule has 0 saturated carbocycles. The summed E-state index contributed by atoms with van der Waals surface area (Å²) >= 11 is 1.45. The summed E-state index contributed by atoms with van der Waals surface area (Å²) in [5.74, 6) is -0.0823. The lowest BCUT2D eigenvalue weighted by Crippen LogP contribution is -2.24. The van der Waals surface area contributed by atoms with Crippen LogP contribution < -0.4 is 11.1 Å². The van der Waals surface area contributed by atoms with Gasteiger partial charge in [0.25, 0.3) is 5.91 Å². The lowest BCUT2D eigenvalue weighted by Gasteiger charge is -2.04. The molecule has 3 N–H and O–H groups in total. The van der Waals surface area contributed by atoms with Crippen molar-refractivity contribution in [3.05, 3.63) is 16.1 Å². The zero-order valence-electron chi connectivity index (χ0n) is 13.4. The second-order valence-electron chi connectivity index (χ2n) is 5.59. The number of rotatable bonds is 11. The standard InChI is InChI=1S/C16H29N3OS/c1-3-4-5-6-7-8-9-10-11-18-15(20)14-12-21-16(19-14)13(2)17/h12-13H,3-11,17H2,1-2H3,(H,18,20). The summed E-state index contributed by atoms with van der Waals surface area (Å²) < 4.78 is 0. The van der Waals surface area contributed by atoms with Gasteiger partial charge in [-0.25, -0.2) is 4.98 Å². The van der Waals surface area contributed by atoms with E-state index in [2.05, 4.69) is 17.2 Å². The fourth-order valence-corrected chi connectivity index (χ4v) is 2.91. The Balaban J connectivity index is 2.05. The number of nitrogens with zero attached hydrogens (tertiary/aromatic N) is 1. The van der Waals surface area contributed by atoms with Crippen LogP contribution in [0.5, 0.6) is 0 Å². The fourth-order valence-electron chi connectivity index (χ4n) is 2.15. The first kappa shape index (κ1) is 18.1. The summed E-state index contributed by atoms with van der Waals surface area (Å²) in [6.07, 6.45) is 10.2. The number of hydrogen-bond acceptors (Lipinski definition) is 4. The van der Waals surface area contributed by atoms with Gasteiger partial charge in [0.15, 0.2) is 0 Å². The van der Waals surface area contributed by atoms with Gasteiger partial charge in [-0.2, -0.15) is 0 Å². The highest BCUT2D eigenvalue weighted by Gasteiger charge is 2.11. The molecular formula is C16H29N3OS. The molecular weight excluding hydrogens is 282 g/mol. The number of unbranched alkanes of at least 4 members (excludes halogenated alkanes) is 7. The Morgan fingerprint density at radius 1 is 1.24 bits per heavy atom. The molecule has 0 spiro atoms. The highest BCUT2D eigenvalue weighted by atomic mass is 32.1. The van der Waals surface area contributed by atoms with Gasteiger partial charge in [-0.3, -0.25) is 4.79 Å². The third kappa shape index (κ3) is 7.58. The van der Waals surface area contributed by atoms with E-state index in [-0.39, 0.29) is 11.9 Å². The minimum atomic E-state index is -0.107. The summed E-state index contributed by atoms with van der Waals surface area (Å²) in [4.78, 5) is 16.1. The number of carbonyl (C=O) groups excluding carboxylic acids is 1. The van der Waals surface area contributed by atoms with Gasteiger partial charge in [-0.05, 0) is 13.3 Å². The van der Waals surface area contributed by atoms with Gasteiger partial charge in [0.05, 0.1) is 6.04 Å². The van der Waals surface area contributed by atoms with Gasteiger partial charge < -0.3 is 11.1 Å². The molecule has 1 unspecified atom stereocenters. The quantitative estimate of drug-likeness (QED) is 0.606. The van der Waals surface area contributed by atoms with Crippen molar-refractivity contribution in [3.8, 4) is 0 Å². The first-order valence-corrected chi connectivity index (χ1v) is 9.02. The van der Waals surface area contributed by atoms with Crippen molar-refractivity contribution in [2.24, 2.45) is 5.73 Å². The van der Waals surface area contributed by atoms with E-state index in [1.807, 2.05) is 6.92 Å². The molecule has 0 aliphatic carbocycles. The smallest absolute Gasteiger partial charge is 0.270 e. The molecule has 0 aromatic carbocycles. The molecule has 0 fully saturated rings. The normalized spacial score (nSPS) is 12.3. The van der Waals surface area contributed by atoms with E-state index in [1.165, 1.54) is 56.3 Å². The van der Waals surface area contributed by atoms with Gasteiger partial charge >= 0.3 is 0 Å². The highest BCUT2D eigenvalue weighted by Crippen LogP contribution is 2.15. The molecule has 1 rings (SSSR count). The molecule has 0 aliphatic rings. The third-order valence-electron chi connectivity index (χ3n) is 3.46. The van der Waals surface area contributed by atoms with Crippen LogP contribution >= 0.6 is 11.3 Å². The Morgan fingerprint density at radius 2 is 1.86 bits per heavy atom. The van der Waals surface area contributed by atoms with Crippen LogP contribution in [0, 0.1) is 0 Å². The zero-order valence-corrected chi connectivity index (χ0v) is 14.2. The monoisotopic (exact) mass is 311 g/mol. The number of nitrogens with one attached hydrogen (secondary N) is 1. The van der Waals surface area contributed by atoms with Crippen LogP contribution in [0.15, 0.2) is 5.38 Å². The van der Waals surface area contributed by atoms with Gasteiger partial charge in [-0.15, -0.1) is 11.3 Å². The molecule has 0 radical (unpaired) electrons. The Morgan fingerprint density at radius 3 is 2.43 bits per heavy atom. The number of amides is 1. The van der Waals surface area contributed by atoms with E-state index in [9.17, 15) is 4.79 Å². The number of thiazole rings is 1. The molecule has 0 saturated heterocycles. The topological polar surface area (TPSA) is 68.0 Å². The number of nitrogens with two attached hydrogens (primary N) is 1. The molecule has 0 aliphatic heterocycles. The lowest BCUT2D eigenvalue weighted by molar-refractivity contribution is 0.0948. The number of carbonyl (C=O) groups is 1. The van der Waals surface area contributed by atoms with Crippen LogP contribution in [0.3, 0.4) is 0 Å². The van der Waals surface area contributed by atoms with Crippen LogP contribution in [0.2, 0.25) is 0 Å². The van der Waals surface area contributed by atoms with Gasteiger partial charge in [0.2, 0.25) is 0 Å². The fraction of sp³-hybridized carbons (Fsp3) is 0.750. The van der Waals surface area contributed by atoms with Gasteiger partial charge in [0, 0.05) is 11.9 Å². The molecule has 1 aromatic rings. The van der Waals surface area contributed by atoms with Crippen molar-refractivity contribution < 1.29 is 4.79 Å². The average Bonchev–Trinajstić information content (AvgIpc) is 2.95. The van der Waals surface area contributed by atoms with Gasteiger partial charge in [-0.1, -0.05) is 51.9 Å². The molecule has 1 amide bonds. The lowest BCUT2D eigenvalue weighted by atomic mass is 10.1. The molecule has 1 heterocycles. The first-order valence-electron chi connectivity index (χ1n) is 8.14. The molecule has 120 valence electrons. The van der Waals surface area contributed by atoms with E-state index >= 15 is 0 Å². The van der Waals surface area contributed by atoms with Crippen molar-refractivity contribution in [1.29, 1.82) is 0 Å². The number of aromatic nitrogens is 1. The van der Waals surface area contributed by atoms with Crippen LogP contribution in [-0.4, -0.2) is 17.4 Å². The minimum Gasteiger partial charge on any atom is -0.351 e. The highest BCUT2D eigenvalue weighted by molar-refractivity contribution is 7.09. The third-order valence-corrected chi connectivity index (χ3v) is 4.51. The van der Waals surface area contributed by atoms with Crippen molar-refractivity contribution in [3.63, 3.8) is 0 Å². The largest absolute Gasteiger partial charge is 0.351 e. The average molecular weight is 311 g/mol. The molecule has 4 nitrogen and oxygen atoms in total.